The summed E-state index contributed by atoms with van der Waals surface area (Å²) in [6, 6.07) is 5.91. The number of carbonyl (C=O) groups excluding carboxylic acids is 3. The number of aliphatic hydroxyl groups excluding tert-OH is 2. The lowest BCUT2D eigenvalue weighted by Crippen LogP contribution is -2.44. The maximum Gasteiger partial charge on any atom is 0.198 e. The molecule has 1 heterocycles. The summed E-state index contributed by atoms with van der Waals surface area (Å²) in [7, 11) is 0. The smallest absolute Gasteiger partial charge is 0.198 e. The van der Waals surface area contributed by atoms with Gasteiger partial charge in [0.15, 0.2) is 17.3 Å². The van der Waals surface area contributed by atoms with E-state index in [0.29, 0.717) is 5.56 Å². The molecule has 3 aliphatic rings. The minimum Gasteiger partial charge on any atom is -0.507 e. The van der Waals surface area contributed by atoms with Crippen molar-refractivity contribution in [1.29, 1.82) is 0 Å². The number of benzene rings is 2. The largest absolute Gasteiger partial charge is 0.507 e. The van der Waals surface area contributed by atoms with E-state index in [9.17, 15) is 34.8 Å². The minimum atomic E-state index is -1.22. The number of hydrogen-bond donors (Lipinski definition) is 4. The molecule has 2 aromatic carbocycles. The Balaban J connectivity index is 1.61. The van der Waals surface area contributed by atoms with E-state index in [1.807, 2.05) is 0 Å². The summed E-state index contributed by atoms with van der Waals surface area (Å²) in [5, 5.41) is 41.4. The number of Topliss-reactive ketones (excluding diaryl/α,β-unsaturated/α-hetero) is 1. The Hall–Kier alpha value is -2.91. The van der Waals surface area contributed by atoms with Crippen LogP contribution in [0.5, 0.6) is 5.75 Å². The van der Waals surface area contributed by atoms with Crippen molar-refractivity contribution in [2.45, 2.75) is 63.1 Å². The van der Waals surface area contributed by atoms with E-state index in [0.717, 1.165) is 0 Å². The number of aromatic hydroxyl groups is 1. The van der Waals surface area contributed by atoms with Crippen LogP contribution in [-0.2, 0) is 11.2 Å². The highest BCUT2D eigenvalue weighted by Crippen LogP contribution is 2.43. The summed E-state index contributed by atoms with van der Waals surface area (Å²) >= 11 is 0. The van der Waals surface area contributed by atoms with Gasteiger partial charge in [0.05, 0.1) is 29.5 Å². The molecule has 0 bridgehead atoms. The third-order valence-electron chi connectivity index (χ3n) is 6.89. The summed E-state index contributed by atoms with van der Waals surface area (Å²) in [5.41, 5.74) is -0.457. The third kappa shape index (κ3) is 3.25. The van der Waals surface area contributed by atoms with Crippen molar-refractivity contribution in [3.63, 3.8) is 0 Å². The summed E-state index contributed by atoms with van der Waals surface area (Å²) in [5.74, 6) is -1.94. The third-order valence-corrected chi connectivity index (χ3v) is 6.89. The Bertz CT molecular complexity index is 1220. The highest BCUT2D eigenvalue weighted by atomic mass is 16.5. The van der Waals surface area contributed by atoms with Gasteiger partial charge in [0, 0.05) is 47.1 Å². The molecule has 5 atom stereocenters. The van der Waals surface area contributed by atoms with Gasteiger partial charge in [-0.3, -0.25) is 14.4 Å². The number of ether oxygens (including phenoxy) is 1. The number of hydrogen-bond acceptors (Lipinski definition) is 8. The van der Waals surface area contributed by atoms with Crippen molar-refractivity contribution >= 4 is 17.3 Å². The maximum atomic E-state index is 13.4. The molecule has 33 heavy (non-hydrogen) atoms. The molecule has 0 unspecified atom stereocenters. The van der Waals surface area contributed by atoms with Crippen molar-refractivity contribution in [3.8, 4) is 5.75 Å². The fourth-order valence-electron chi connectivity index (χ4n) is 5.27. The first-order chi connectivity index (χ1) is 15.5. The lowest BCUT2D eigenvalue weighted by atomic mass is 9.73. The molecule has 1 saturated heterocycles. The van der Waals surface area contributed by atoms with E-state index in [-0.39, 0.29) is 52.6 Å². The predicted octanol–water partition coefficient (Wildman–Crippen LogP) is 1.62. The van der Waals surface area contributed by atoms with Gasteiger partial charge < -0.3 is 25.2 Å². The second kappa shape index (κ2) is 7.30. The Morgan fingerprint density at radius 2 is 1.58 bits per heavy atom. The molecule has 0 aromatic heterocycles. The quantitative estimate of drug-likeness (QED) is 0.436. The van der Waals surface area contributed by atoms with Crippen molar-refractivity contribution in [1.82, 2.24) is 0 Å². The van der Waals surface area contributed by atoms with Gasteiger partial charge in [-0.1, -0.05) is 12.1 Å². The lowest BCUT2D eigenvalue weighted by Gasteiger charge is -2.36. The van der Waals surface area contributed by atoms with Gasteiger partial charge in [-0.15, -0.1) is 0 Å². The first-order valence-electron chi connectivity index (χ1n) is 10.9. The molecule has 5 rings (SSSR count). The van der Waals surface area contributed by atoms with Crippen LogP contribution >= 0.6 is 0 Å². The van der Waals surface area contributed by atoms with Crippen molar-refractivity contribution < 1.29 is 39.5 Å². The van der Waals surface area contributed by atoms with E-state index < -0.39 is 53.1 Å². The molecule has 8 heteroatoms. The highest BCUT2D eigenvalue weighted by molar-refractivity contribution is 6.32. The molecule has 0 radical (unpaired) electrons. The van der Waals surface area contributed by atoms with Crippen LogP contribution in [0.1, 0.15) is 86.1 Å². The summed E-state index contributed by atoms with van der Waals surface area (Å²) in [6.45, 7) is 3.15. The number of carbonyl (C=O) groups is 3. The molecule has 1 aliphatic heterocycles. The number of phenolic OH excluding ortho intramolecular Hbond substituents is 1. The van der Waals surface area contributed by atoms with E-state index >= 15 is 0 Å². The Kier molecular flexibility index (Phi) is 4.84. The average molecular weight is 452 g/mol. The van der Waals surface area contributed by atoms with Crippen LogP contribution < -0.4 is 0 Å². The fourth-order valence-corrected chi connectivity index (χ4v) is 5.27. The molecule has 2 aromatic rings. The van der Waals surface area contributed by atoms with E-state index in [1.54, 1.807) is 19.9 Å². The molecule has 0 saturated carbocycles. The van der Waals surface area contributed by atoms with Crippen molar-refractivity contribution in [3.05, 3.63) is 63.2 Å². The first kappa shape index (κ1) is 21.9. The number of fused-ring (bicyclic) bond motifs is 4. The maximum absolute atomic E-state index is 13.4. The van der Waals surface area contributed by atoms with Crippen LogP contribution in [0.25, 0.3) is 0 Å². The SMILES string of the molecule is C[C@H]1O[C@@H](c2ccc3c(c2O)C(=O)c2ccc4c(c2C3=O)C(=O)C[C@@](C)(O)C4)C[C@@H](O)[C@@H]1O. The summed E-state index contributed by atoms with van der Waals surface area (Å²) in [4.78, 5) is 39.7. The first-order valence-corrected chi connectivity index (χ1v) is 10.9. The highest BCUT2D eigenvalue weighted by Gasteiger charge is 2.42. The number of phenols is 1. The minimum absolute atomic E-state index is 0.0124. The number of aliphatic hydroxyl groups is 3. The topological polar surface area (TPSA) is 141 Å². The van der Waals surface area contributed by atoms with Crippen LogP contribution in [0.3, 0.4) is 0 Å². The average Bonchev–Trinajstić information content (AvgIpc) is 2.73. The zero-order valence-corrected chi connectivity index (χ0v) is 18.2. The van der Waals surface area contributed by atoms with Gasteiger partial charge in [-0.2, -0.15) is 0 Å². The molecule has 172 valence electrons. The van der Waals surface area contributed by atoms with E-state index in [4.69, 9.17) is 4.74 Å². The van der Waals surface area contributed by atoms with Crippen LogP contribution in [0, 0.1) is 0 Å². The van der Waals surface area contributed by atoms with Crippen LogP contribution in [-0.4, -0.2) is 61.7 Å². The van der Waals surface area contributed by atoms with Gasteiger partial charge >= 0.3 is 0 Å². The molecular weight excluding hydrogens is 428 g/mol. The fraction of sp³-hybridized carbons (Fsp3) is 0.400. The Morgan fingerprint density at radius 1 is 0.939 bits per heavy atom. The van der Waals surface area contributed by atoms with Crippen molar-refractivity contribution in [2.75, 3.05) is 0 Å². The standard InChI is InChI=1S/C25H24O8/c1-10-21(28)15(26)7-17(33-10)12-5-6-14-20(22(12)29)24(31)13-4-3-11-8-25(2,32)9-16(27)18(11)19(13)23(14)30/h3-6,10,15,17,21,26,28-29,32H,7-9H2,1-2H3/t10-,15-,17-,21-,25+/m1/s1. The zero-order valence-electron chi connectivity index (χ0n) is 18.2. The van der Waals surface area contributed by atoms with Gasteiger partial charge in [-0.05, 0) is 31.5 Å². The molecule has 2 aliphatic carbocycles. The van der Waals surface area contributed by atoms with Crippen molar-refractivity contribution in [2.24, 2.45) is 0 Å². The molecule has 0 spiro atoms. The van der Waals surface area contributed by atoms with Crippen LogP contribution in [0.2, 0.25) is 0 Å². The molecule has 1 fully saturated rings. The van der Waals surface area contributed by atoms with E-state index in [2.05, 4.69) is 0 Å². The normalized spacial score (nSPS) is 31.1. The lowest BCUT2D eigenvalue weighted by molar-refractivity contribution is -0.163. The van der Waals surface area contributed by atoms with E-state index in [1.165, 1.54) is 18.2 Å². The Labute approximate surface area is 189 Å². The zero-order chi connectivity index (χ0) is 23.8. The van der Waals surface area contributed by atoms with Gasteiger partial charge in [0.2, 0.25) is 0 Å². The predicted molar refractivity (Wildman–Crippen MR) is 115 cm³/mol. The van der Waals surface area contributed by atoms with Crippen LogP contribution in [0.4, 0.5) is 0 Å². The van der Waals surface area contributed by atoms with Crippen LogP contribution in [0.15, 0.2) is 24.3 Å². The number of ketones is 3. The van der Waals surface area contributed by atoms with Gasteiger partial charge in [0.1, 0.15) is 11.9 Å². The molecular formula is C25H24O8. The molecule has 4 N–H and O–H groups in total. The number of rotatable bonds is 1. The molecule has 8 nitrogen and oxygen atoms in total. The Morgan fingerprint density at radius 3 is 2.27 bits per heavy atom. The summed E-state index contributed by atoms with van der Waals surface area (Å²) < 4.78 is 5.73. The second-order valence-electron chi connectivity index (χ2n) is 9.50. The second-order valence-corrected chi connectivity index (χ2v) is 9.50. The summed E-state index contributed by atoms with van der Waals surface area (Å²) in [6.07, 6.45) is -3.56. The van der Waals surface area contributed by atoms with Gasteiger partial charge in [-0.25, -0.2) is 0 Å². The van der Waals surface area contributed by atoms with Gasteiger partial charge in [0.25, 0.3) is 0 Å². The monoisotopic (exact) mass is 452 g/mol. The molecule has 0 amide bonds.